The average molecular weight is 198 g/mol. The summed E-state index contributed by atoms with van der Waals surface area (Å²) in [6, 6.07) is 0.388. The molecule has 0 spiro atoms. The van der Waals surface area contributed by atoms with E-state index in [1.54, 1.807) is 0 Å². The number of ether oxygens (including phenoxy) is 1. The van der Waals surface area contributed by atoms with Gasteiger partial charge in [0.2, 0.25) is 0 Å². The highest BCUT2D eigenvalue weighted by atomic mass is 16.5. The molecule has 0 saturated carbocycles. The number of hydrogen-bond acceptors (Lipinski definition) is 3. The molecule has 0 radical (unpaired) electrons. The highest BCUT2D eigenvalue weighted by molar-refractivity contribution is 4.84. The average Bonchev–Trinajstić information content (AvgIpc) is 2.74. The van der Waals surface area contributed by atoms with E-state index in [1.165, 1.54) is 32.4 Å². The number of rotatable bonds is 3. The van der Waals surface area contributed by atoms with Crippen molar-refractivity contribution in [2.45, 2.75) is 38.3 Å². The molecule has 2 saturated heterocycles. The highest BCUT2D eigenvalue weighted by Gasteiger charge is 2.27. The lowest BCUT2D eigenvalue weighted by atomic mass is 10.1. The third-order valence-corrected chi connectivity index (χ3v) is 3.54. The molecule has 3 nitrogen and oxygen atoms in total. The molecule has 2 fully saturated rings. The fourth-order valence-electron chi connectivity index (χ4n) is 2.48. The SMILES string of the molecule is CC1CN(CCC2CCCO2)CC1N. The van der Waals surface area contributed by atoms with Crippen LogP contribution in [0.4, 0.5) is 0 Å². The monoisotopic (exact) mass is 198 g/mol. The summed E-state index contributed by atoms with van der Waals surface area (Å²) >= 11 is 0. The van der Waals surface area contributed by atoms with Gasteiger partial charge < -0.3 is 15.4 Å². The lowest BCUT2D eigenvalue weighted by Crippen LogP contribution is -2.29. The predicted octanol–water partition coefficient (Wildman–Crippen LogP) is 0.834. The molecule has 3 unspecified atom stereocenters. The van der Waals surface area contributed by atoms with Crippen LogP contribution < -0.4 is 5.73 Å². The van der Waals surface area contributed by atoms with Crippen molar-refractivity contribution >= 4 is 0 Å². The van der Waals surface area contributed by atoms with Crippen LogP contribution in [0.5, 0.6) is 0 Å². The molecule has 0 aromatic heterocycles. The third-order valence-electron chi connectivity index (χ3n) is 3.54. The van der Waals surface area contributed by atoms with Gasteiger partial charge in [-0.25, -0.2) is 0 Å². The van der Waals surface area contributed by atoms with Gasteiger partial charge in [-0.3, -0.25) is 0 Å². The van der Waals surface area contributed by atoms with E-state index >= 15 is 0 Å². The van der Waals surface area contributed by atoms with Crippen LogP contribution in [-0.4, -0.2) is 43.3 Å². The first-order chi connectivity index (χ1) is 6.75. The molecule has 82 valence electrons. The molecule has 2 aliphatic rings. The second-order valence-corrected chi connectivity index (χ2v) is 4.82. The van der Waals surface area contributed by atoms with Crippen molar-refractivity contribution in [1.82, 2.24) is 4.90 Å². The second-order valence-electron chi connectivity index (χ2n) is 4.82. The second kappa shape index (κ2) is 4.60. The maximum Gasteiger partial charge on any atom is 0.0588 e. The van der Waals surface area contributed by atoms with Gasteiger partial charge in [0.25, 0.3) is 0 Å². The first-order valence-corrected chi connectivity index (χ1v) is 5.85. The van der Waals surface area contributed by atoms with E-state index in [9.17, 15) is 0 Å². The topological polar surface area (TPSA) is 38.5 Å². The summed E-state index contributed by atoms with van der Waals surface area (Å²) in [4.78, 5) is 2.48. The van der Waals surface area contributed by atoms with Gasteiger partial charge in [0.15, 0.2) is 0 Å². The zero-order valence-electron chi connectivity index (χ0n) is 9.11. The molecule has 0 aromatic rings. The zero-order valence-corrected chi connectivity index (χ0v) is 9.11. The van der Waals surface area contributed by atoms with Crippen molar-refractivity contribution < 1.29 is 4.74 Å². The Hall–Kier alpha value is -0.120. The number of likely N-dealkylation sites (tertiary alicyclic amines) is 1. The van der Waals surface area contributed by atoms with E-state index in [4.69, 9.17) is 10.5 Å². The number of nitrogens with two attached hydrogens (primary N) is 1. The van der Waals surface area contributed by atoms with Crippen molar-refractivity contribution in [3.05, 3.63) is 0 Å². The molecule has 0 bridgehead atoms. The third kappa shape index (κ3) is 2.47. The zero-order chi connectivity index (χ0) is 9.97. The van der Waals surface area contributed by atoms with Gasteiger partial charge in [0.05, 0.1) is 6.10 Å². The van der Waals surface area contributed by atoms with E-state index in [1.807, 2.05) is 0 Å². The minimum atomic E-state index is 0.388. The van der Waals surface area contributed by atoms with Gasteiger partial charge in [-0.1, -0.05) is 6.92 Å². The van der Waals surface area contributed by atoms with Crippen molar-refractivity contribution in [3.63, 3.8) is 0 Å². The Kier molecular flexibility index (Phi) is 3.42. The lowest BCUT2D eigenvalue weighted by molar-refractivity contribution is 0.0945. The standard InChI is InChI=1S/C11H22N2O/c1-9-7-13(8-11(9)12)5-4-10-3-2-6-14-10/h9-11H,2-8,12H2,1H3. The van der Waals surface area contributed by atoms with Crippen LogP contribution in [0.25, 0.3) is 0 Å². The van der Waals surface area contributed by atoms with Gasteiger partial charge in [-0.15, -0.1) is 0 Å². The van der Waals surface area contributed by atoms with Crippen LogP contribution >= 0.6 is 0 Å². The van der Waals surface area contributed by atoms with Crippen molar-refractivity contribution in [2.24, 2.45) is 11.7 Å². The summed E-state index contributed by atoms with van der Waals surface area (Å²) in [7, 11) is 0. The molecule has 3 atom stereocenters. The fraction of sp³-hybridized carbons (Fsp3) is 1.00. The first kappa shape index (κ1) is 10.4. The van der Waals surface area contributed by atoms with Crippen LogP contribution in [0, 0.1) is 5.92 Å². The lowest BCUT2D eigenvalue weighted by Gasteiger charge is -2.17. The highest BCUT2D eigenvalue weighted by Crippen LogP contribution is 2.19. The molecule has 2 N–H and O–H groups in total. The number of hydrogen-bond donors (Lipinski definition) is 1. The van der Waals surface area contributed by atoms with Crippen molar-refractivity contribution in [3.8, 4) is 0 Å². The van der Waals surface area contributed by atoms with Gasteiger partial charge in [0, 0.05) is 32.3 Å². The Bertz CT molecular complexity index is 170. The Morgan fingerprint density at radius 3 is 2.86 bits per heavy atom. The maximum atomic E-state index is 5.98. The summed E-state index contributed by atoms with van der Waals surface area (Å²) in [5.41, 5.74) is 5.98. The molecule has 0 aliphatic carbocycles. The first-order valence-electron chi connectivity index (χ1n) is 5.85. The summed E-state index contributed by atoms with van der Waals surface area (Å²) < 4.78 is 5.61. The summed E-state index contributed by atoms with van der Waals surface area (Å²) in [5.74, 6) is 0.666. The quantitative estimate of drug-likeness (QED) is 0.730. The predicted molar refractivity (Wildman–Crippen MR) is 57.2 cm³/mol. The molecule has 3 heteroatoms. The molecule has 0 aromatic carbocycles. The van der Waals surface area contributed by atoms with E-state index in [0.717, 1.165) is 13.2 Å². The summed E-state index contributed by atoms with van der Waals surface area (Å²) in [5, 5.41) is 0. The van der Waals surface area contributed by atoms with E-state index in [-0.39, 0.29) is 0 Å². The fourth-order valence-corrected chi connectivity index (χ4v) is 2.48. The molecule has 0 amide bonds. The smallest absolute Gasteiger partial charge is 0.0588 e. The Balaban J connectivity index is 1.66. The normalized spacial score (nSPS) is 39.4. The van der Waals surface area contributed by atoms with Crippen LogP contribution in [0.2, 0.25) is 0 Å². The molecular weight excluding hydrogens is 176 g/mol. The minimum Gasteiger partial charge on any atom is -0.378 e. The van der Waals surface area contributed by atoms with E-state index in [2.05, 4.69) is 11.8 Å². The van der Waals surface area contributed by atoms with Gasteiger partial charge in [0.1, 0.15) is 0 Å². The Labute approximate surface area is 86.6 Å². The van der Waals surface area contributed by atoms with Gasteiger partial charge >= 0.3 is 0 Å². The van der Waals surface area contributed by atoms with Crippen molar-refractivity contribution in [2.75, 3.05) is 26.2 Å². The van der Waals surface area contributed by atoms with E-state index < -0.39 is 0 Å². The van der Waals surface area contributed by atoms with E-state index in [0.29, 0.717) is 18.1 Å². The largest absolute Gasteiger partial charge is 0.378 e. The van der Waals surface area contributed by atoms with Crippen LogP contribution in [-0.2, 0) is 4.74 Å². The Morgan fingerprint density at radius 2 is 2.29 bits per heavy atom. The molecule has 2 rings (SSSR count). The van der Waals surface area contributed by atoms with Crippen LogP contribution in [0.15, 0.2) is 0 Å². The van der Waals surface area contributed by atoms with Crippen LogP contribution in [0.1, 0.15) is 26.2 Å². The Morgan fingerprint density at radius 1 is 1.43 bits per heavy atom. The molecular formula is C11H22N2O. The van der Waals surface area contributed by atoms with Crippen LogP contribution in [0.3, 0.4) is 0 Å². The summed E-state index contributed by atoms with van der Waals surface area (Å²) in [6.45, 7) is 6.64. The molecule has 2 heterocycles. The summed E-state index contributed by atoms with van der Waals surface area (Å²) in [6.07, 6.45) is 4.23. The molecule has 2 aliphatic heterocycles. The maximum absolute atomic E-state index is 5.98. The minimum absolute atomic E-state index is 0.388. The van der Waals surface area contributed by atoms with Gasteiger partial charge in [-0.2, -0.15) is 0 Å². The van der Waals surface area contributed by atoms with Crippen molar-refractivity contribution in [1.29, 1.82) is 0 Å². The number of nitrogens with zero attached hydrogens (tertiary/aromatic N) is 1. The molecule has 14 heavy (non-hydrogen) atoms. The van der Waals surface area contributed by atoms with Gasteiger partial charge in [-0.05, 0) is 25.2 Å².